The maximum Gasteiger partial charge on any atom is 0.223 e. The van der Waals surface area contributed by atoms with Crippen LogP contribution >= 0.6 is 0 Å². The van der Waals surface area contributed by atoms with Crippen LogP contribution in [0.3, 0.4) is 0 Å². The first-order valence-corrected chi connectivity index (χ1v) is 10.1. The van der Waals surface area contributed by atoms with Gasteiger partial charge in [0.1, 0.15) is 0 Å². The first-order chi connectivity index (χ1) is 13.3. The minimum Gasteiger partial charge on any atom is -0.351 e. The number of hydrogen-bond donors (Lipinski definition) is 2. The van der Waals surface area contributed by atoms with E-state index in [-0.39, 0.29) is 11.1 Å². The fraction of sp³-hybridized carbons (Fsp3) is 0.522. The highest BCUT2D eigenvalue weighted by Gasteiger charge is 2.37. The van der Waals surface area contributed by atoms with Crippen molar-refractivity contribution in [3.8, 4) is 17.3 Å². The van der Waals surface area contributed by atoms with E-state index in [0.29, 0.717) is 18.4 Å². The zero-order chi connectivity index (χ0) is 20.2. The van der Waals surface area contributed by atoms with Gasteiger partial charge >= 0.3 is 0 Å². The van der Waals surface area contributed by atoms with Gasteiger partial charge in [-0.2, -0.15) is 5.26 Å². The zero-order valence-corrected chi connectivity index (χ0v) is 17.4. The number of nitriles is 1. The average molecular weight is 378 g/mol. The van der Waals surface area contributed by atoms with Crippen molar-refractivity contribution in [2.75, 3.05) is 5.32 Å². The summed E-state index contributed by atoms with van der Waals surface area (Å²) in [5, 5.41) is 15.9. The monoisotopic (exact) mass is 377 g/mol. The molecule has 1 aliphatic rings. The molecule has 1 saturated heterocycles. The summed E-state index contributed by atoms with van der Waals surface area (Å²) in [6.07, 6.45) is 6.32. The predicted molar refractivity (Wildman–Crippen MR) is 114 cm³/mol. The third-order valence-corrected chi connectivity index (χ3v) is 5.18. The second kappa shape index (κ2) is 8.28. The Morgan fingerprint density at radius 3 is 2.43 bits per heavy atom. The summed E-state index contributed by atoms with van der Waals surface area (Å²) in [6, 6.07) is 12.9. The molecule has 1 aromatic carbocycles. The number of anilines is 1. The molecular formula is C23H31N5. The summed E-state index contributed by atoms with van der Waals surface area (Å²) in [5.74, 6) is 0.689. The Hall–Kier alpha value is -2.45. The molecule has 0 amide bonds. The standard InChI is InChI=1S/C23H31N5/c1-22(2)15-19(16-23(3,4)28-22)26-21-25-14-12-20(27-21)18-10-8-17(9-11-18)7-5-6-13-24/h8-12,14,19,28H,5-7,15-16H2,1-4H3,(H,25,26,27). The van der Waals surface area contributed by atoms with Gasteiger partial charge in [-0.25, -0.2) is 9.97 Å². The van der Waals surface area contributed by atoms with Crippen LogP contribution in [0.25, 0.3) is 11.3 Å². The number of piperidine rings is 1. The molecule has 0 radical (unpaired) electrons. The van der Waals surface area contributed by atoms with E-state index in [1.54, 1.807) is 0 Å². The smallest absolute Gasteiger partial charge is 0.223 e. The summed E-state index contributed by atoms with van der Waals surface area (Å²) in [7, 11) is 0. The van der Waals surface area contributed by atoms with Crippen LogP contribution < -0.4 is 10.6 Å². The average Bonchev–Trinajstić information content (AvgIpc) is 2.60. The first-order valence-electron chi connectivity index (χ1n) is 10.1. The molecule has 2 aromatic rings. The van der Waals surface area contributed by atoms with Gasteiger partial charge in [0.05, 0.1) is 11.8 Å². The minimum atomic E-state index is 0.0817. The van der Waals surface area contributed by atoms with Gasteiger partial charge in [-0.1, -0.05) is 24.3 Å². The van der Waals surface area contributed by atoms with E-state index in [4.69, 9.17) is 10.2 Å². The second-order valence-electron chi connectivity index (χ2n) is 9.12. The number of hydrogen-bond acceptors (Lipinski definition) is 5. The number of nitrogens with zero attached hydrogens (tertiary/aromatic N) is 3. The fourth-order valence-corrected chi connectivity index (χ4v) is 4.41. The Morgan fingerprint density at radius 1 is 1.11 bits per heavy atom. The minimum absolute atomic E-state index is 0.0817. The van der Waals surface area contributed by atoms with E-state index in [1.165, 1.54) is 5.56 Å². The number of aromatic nitrogens is 2. The van der Waals surface area contributed by atoms with Crippen molar-refractivity contribution in [1.29, 1.82) is 5.26 Å². The lowest BCUT2D eigenvalue weighted by molar-refractivity contribution is 0.170. The third-order valence-electron chi connectivity index (χ3n) is 5.18. The maximum atomic E-state index is 8.66. The molecule has 5 nitrogen and oxygen atoms in total. The van der Waals surface area contributed by atoms with Crippen LogP contribution in [0.15, 0.2) is 36.5 Å². The lowest BCUT2D eigenvalue weighted by Crippen LogP contribution is -2.60. The number of nitrogens with one attached hydrogen (secondary N) is 2. The van der Waals surface area contributed by atoms with Gasteiger partial charge in [-0.3, -0.25) is 0 Å². The van der Waals surface area contributed by atoms with E-state index in [0.717, 1.165) is 36.9 Å². The highest BCUT2D eigenvalue weighted by atomic mass is 15.1. The van der Waals surface area contributed by atoms with Crippen molar-refractivity contribution >= 4 is 5.95 Å². The Morgan fingerprint density at radius 2 is 1.79 bits per heavy atom. The van der Waals surface area contributed by atoms with Gasteiger partial charge in [0.25, 0.3) is 0 Å². The Kier molecular flexibility index (Phi) is 6.00. The summed E-state index contributed by atoms with van der Waals surface area (Å²) in [6.45, 7) is 8.99. The van der Waals surface area contributed by atoms with E-state index in [1.807, 2.05) is 12.3 Å². The predicted octanol–water partition coefficient (Wildman–Crippen LogP) is 4.71. The molecule has 0 bridgehead atoms. The molecule has 2 heterocycles. The number of aryl methyl sites for hydroxylation is 1. The molecule has 0 saturated carbocycles. The fourth-order valence-electron chi connectivity index (χ4n) is 4.41. The van der Waals surface area contributed by atoms with Gasteiger partial charge in [-0.15, -0.1) is 0 Å². The van der Waals surface area contributed by atoms with E-state index in [9.17, 15) is 0 Å². The van der Waals surface area contributed by atoms with E-state index in [2.05, 4.69) is 73.6 Å². The van der Waals surface area contributed by atoms with Gasteiger partial charge in [0, 0.05) is 35.3 Å². The van der Waals surface area contributed by atoms with Gasteiger partial charge in [0.2, 0.25) is 5.95 Å². The molecule has 0 spiro atoms. The van der Waals surface area contributed by atoms with Crippen LogP contribution in [0, 0.1) is 11.3 Å². The molecular weight excluding hydrogens is 346 g/mol. The van der Waals surface area contributed by atoms with Crippen molar-refractivity contribution in [3.63, 3.8) is 0 Å². The zero-order valence-electron chi connectivity index (χ0n) is 17.4. The lowest BCUT2D eigenvalue weighted by atomic mass is 9.80. The van der Waals surface area contributed by atoms with Crippen molar-refractivity contribution in [2.24, 2.45) is 0 Å². The van der Waals surface area contributed by atoms with Crippen molar-refractivity contribution in [1.82, 2.24) is 15.3 Å². The summed E-state index contributed by atoms with van der Waals surface area (Å²) >= 11 is 0. The molecule has 1 fully saturated rings. The number of rotatable bonds is 6. The SMILES string of the molecule is CC1(C)CC(Nc2nccc(-c3ccc(CCCC#N)cc3)n2)CC(C)(C)N1. The largest absolute Gasteiger partial charge is 0.351 e. The van der Waals surface area contributed by atoms with Crippen LogP contribution in [0.1, 0.15) is 58.9 Å². The Balaban J connectivity index is 1.69. The Bertz CT molecular complexity index is 817. The molecule has 1 aromatic heterocycles. The summed E-state index contributed by atoms with van der Waals surface area (Å²) < 4.78 is 0. The highest BCUT2D eigenvalue weighted by Crippen LogP contribution is 2.30. The highest BCUT2D eigenvalue weighted by molar-refractivity contribution is 5.60. The molecule has 3 rings (SSSR count). The van der Waals surface area contributed by atoms with Crippen LogP contribution in [0.5, 0.6) is 0 Å². The Labute approximate surface area is 168 Å². The van der Waals surface area contributed by atoms with E-state index < -0.39 is 0 Å². The van der Waals surface area contributed by atoms with Crippen molar-refractivity contribution in [3.05, 3.63) is 42.1 Å². The quantitative estimate of drug-likeness (QED) is 0.713. The summed E-state index contributed by atoms with van der Waals surface area (Å²) in [4.78, 5) is 9.20. The first kappa shape index (κ1) is 20.3. The molecule has 1 aliphatic heterocycles. The van der Waals surface area contributed by atoms with Crippen LogP contribution in [0.4, 0.5) is 5.95 Å². The van der Waals surface area contributed by atoms with Gasteiger partial charge in [0.15, 0.2) is 0 Å². The maximum absolute atomic E-state index is 8.66. The molecule has 0 aliphatic carbocycles. The molecule has 28 heavy (non-hydrogen) atoms. The summed E-state index contributed by atoms with van der Waals surface area (Å²) in [5.41, 5.74) is 3.43. The number of unbranched alkanes of at least 4 members (excludes halogenated alkanes) is 1. The molecule has 0 unspecified atom stereocenters. The third kappa shape index (κ3) is 5.53. The molecule has 148 valence electrons. The van der Waals surface area contributed by atoms with Crippen LogP contribution in [-0.2, 0) is 6.42 Å². The molecule has 2 N–H and O–H groups in total. The van der Waals surface area contributed by atoms with Crippen molar-refractivity contribution in [2.45, 2.75) is 76.9 Å². The lowest BCUT2D eigenvalue weighted by Gasteiger charge is -2.46. The van der Waals surface area contributed by atoms with Crippen LogP contribution in [-0.4, -0.2) is 27.1 Å². The van der Waals surface area contributed by atoms with Gasteiger partial charge in [-0.05, 0) is 65.0 Å². The molecule has 0 atom stereocenters. The molecule has 5 heteroatoms. The second-order valence-corrected chi connectivity index (χ2v) is 9.12. The van der Waals surface area contributed by atoms with E-state index >= 15 is 0 Å². The van der Waals surface area contributed by atoms with Crippen LogP contribution in [0.2, 0.25) is 0 Å². The van der Waals surface area contributed by atoms with Crippen molar-refractivity contribution < 1.29 is 0 Å². The normalized spacial score (nSPS) is 18.4. The topological polar surface area (TPSA) is 73.6 Å². The van der Waals surface area contributed by atoms with Gasteiger partial charge < -0.3 is 10.6 Å². The number of benzene rings is 1.